The van der Waals surface area contributed by atoms with Crippen molar-refractivity contribution >= 4 is 33.5 Å². The Morgan fingerprint density at radius 1 is 0.944 bits per heavy atom. The van der Waals surface area contributed by atoms with Crippen molar-refractivity contribution in [2.45, 2.75) is 19.8 Å². The van der Waals surface area contributed by atoms with Crippen molar-refractivity contribution in [2.24, 2.45) is 0 Å². The van der Waals surface area contributed by atoms with Crippen molar-refractivity contribution in [3.8, 4) is 33.9 Å². The maximum atomic E-state index is 12.0. The fourth-order valence-electron chi connectivity index (χ4n) is 4.28. The Labute approximate surface area is 206 Å². The molecule has 0 bridgehead atoms. The van der Waals surface area contributed by atoms with Crippen LogP contribution in [0.5, 0.6) is 0 Å². The summed E-state index contributed by atoms with van der Waals surface area (Å²) < 4.78 is 0. The largest absolute Gasteiger partial charge is 0.353 e. The summed E-state index contributed by atoms with van der Waals surface area (Å²) in [5.74, 6) is -0.0273. The van der Waals surface area contributed by atoms with Crippen molar-refractivity contribution in [2.75, 3.05) is 5.32 Å². The van der Waals surface area contributed by atoms with Crippen molar-refractivity contribution in [1.29, 1.82) is 0 Å². The Balaban J connectivity index is 1.40. The van der Waals surface area contributed by atoms with Gasteiger partial charge >= 0.3 is 0 Å². The molecule has 36 heavy (non-hydrogen) atoms. The van der Waals surface area contributed by atoms with E-state index in [1.54, 1.807) is 31.0 Å². The van der Waals surface area contributed by atoms with Crippen LogP contribution in [0.15, 0.2) is 73.4 Å². The van der Waals surface area contributed by atoms with E-state index in [2.05, 4.69) is 46.5 Å². The summed E-state index contributed by atoms with van der Waals surface area (Å²) in [6.45, 7) is 1.97. The third-order valence-electron chi connectivity index (χ3n) is 5.97. The quantitative estimate of drug-likeness (QED) is 0.298. The molecule has 0 atom stereocenters. The van der Waals surface area contributed by atoms with Crippen LogP contribution in [-0.4, -0.2) is 41.0 Å². The molecular formula is C27H22N8O. The van der Waals surface area contributed by atoms with Gasteiger partial charge < -0.3 is 10.3 Å². The van der Waals surface area contributed by atoms with Gasteiger partial charge in [-0.15, -0.1) is 0 Å². The molecule has 3 N–H and O–H groups in total. The van der Waals surface area contributed by atoms with Crippen molar-refractivity contribution < 1.29 is 4.79 Å². The molecule has 0 aromatic carbocycles. The molecule has 0 aliphatic rings. The van der Waals surface area contributed by atoms with Crippen LogP contribution in [0.3, 0.4) is 0 Å². The summed E-state index contributed by atoms with van der Waals surface area (Å²) >= 11 is 0. The number of rotatable bonds is 6. The number of H-pyrrole nitrogens is 2. The molecule has 9 heteroatoms. The molecule has 6 aromatic heterocycles. The Bertz CT molecular complexity index is 1700. The van der Waals surface area contributed by atoms with E-state index < -0.39 is 0 Å². The van der Waals surface area contributed by atoms with E-state index in [1.165, 1.54) is 0 Å². The fraction of sp³-hybridized carbons (Fsp3) is 0.111. The molecule has 0 saturated heterocycles. The van der Waals surface area contributed by atoms with Crippen molar-refractivity contribution in [3.05, 3.63) is 73.4 Å². The van der Waals surface area contributed by atoms with Crippen LogP contribution in [0.25, 0.3) is 55.8 Å². The average molecular weight is 475 g/mol. The predicted molar refractivity (Wildman–Crippen MR) is 139 cm³/mol. The van der Waals surface area contributed by atoms with Gasteiger partial charge in [-0.05, 0) is 42.8 Å². The molecule has 6 rings (SSSR count). The normalized spacial score (nSPS) is 11.2. The zero-order chi connectivity index (χ0) is 24.5. The Morgan fingerprint density at radius 2 is 1.86 bits per heavy atom. The average Bonchev–Trinajstić information content (AvgIpc) is 3.53. The number of carbonyl (C=O) groups excluding carboxylic acids is 1. The number of hydrogen-bond acceptors (Lipinski definition) is 6. The van der Waals surface area contributed by atoms with Gasteiger partial charge in [-0.25, -0.2) is 4.98 Å². The maximum Gasteiger partial charge on any atom is 0.224 e. The lowest BCUT2D eigenvalue weighted by Gasteiger charge is -2.07. The SMILES string of the molecule is CCCC(=O)Nc1cncc(-c2cnc3n[nH]c(-c4cc5c(-c6ccccn6)nccc5[nH]4)c3c2)c1. The van der Waals surface area contributed by atoms with E-state index >= 15 is 0 Å². The van der Waals surface area contributed by atoms with E-state index in [0.717, 1.165) is 56.6 Å². The summed E-state index contributed by atoms with van der Waals surface area (Å²) in [6.07, 6.45) is 9.95. The van der Waals surface area contributed by atoms with E-state index in [0.29, 0.717) is 17.8 Å². The molecular weight excluding hydrogens is 452 g/mol. The summed E-state index contributed by atoms with van der Waals surface area (Å²) in [6, 6.07) is 13.7. The topological polar surface area (TPSA) is 125 Å². The number of amides is 1. The molecule has 6 aromatic rings. The lowest BCUT2D eigenvalue weighted by atomic mass is 10.1. The molecule has 0 saturated carbocycles. The smallest absolute Gasteiger partial charge is 0.224 e. The molecule has 0 aliphatic carbocycles. The van der Waals surface area contributed by atoms with Crippen molar-refractivity contribution in [3.63, 3.8) is 0 Å². The monoisotopic (exact) mass is 474 g/mol. The van der Waals surface area contributed by atoms with E-state index in [9.17, 15) is 4.79 Å². The highest BCUT2D eigenvalue weighted by Crippen LogP contribution is 2.33. The minimum Gasteiger partial charge on any atom is -0.353 e. The summed E-state index contributed by atoms with van der Waals surface area (Å²) in [5.41, 5.74) is 7.25. The summed E-state index contributed by atoms with van der Waals surface area (Å²) in [7, 11) is 0. The number of anilines is 1. The zero-order valence-electron chi connectivity index (χ0n) is 19.5. The first kappa shape index (κ1) is 21.6. The number of aromatic nitrogens is 7. The van der Waals surface area contributed by atoms with Crippen LogP contribution in [-0.2, 0) is 4.79 Å². The second-order valence-electron chi connectivity index (χ2n) is 8.47. The van der Waals surface area contributed by atoms with Gasteiger partial charge in [0.25, 0.3) is 0 Å². The van der Waals surface area contributed by atoms with Crippen LogP contribution >= 0.6 is 0 Å². The molecule has 1 amide bonds. The van der Waals surface area contributed by atoms with Gasteiger partial charge in [0.05, 0.1) is 34.7 Å². The lowest BCUT2D eigenvalue weighted by Crippen LogP contribution is -2.10. The number of fused-ring (bicyclic) bond motifs is 2. The first-order valence-electron chi connectivity index (χ1n) is 11.7. The van der Waals surface area contributed by atoms with Crippen LogP contribution in [0.1, 0.15) is 19.8 Å². The van der Waals surface area contributed by atoms with Gasteiger partial charge in [0.2, 0.25) is 5.91 Å². The standard InChI is InChI=1S/C27H22N8O/c1-2-5-24(36)32-18-10-16(13-28-15-18)17-11-20-26(34-35-27(20)31-14-17)23-12-19-21(33-23)7-9-30-25(19)22-6-3-4-8-29-22/h3-4,6-15,33H,2,5H2,1H3,(H,32,36)(H,31,34,35). The highest BCUT2D eigenvalue weighted by Gasteiger charge is 2.16. The second-order valence-corrected chi connectivity index (χ2v) is 8.47. The molecule has 0 aliphatic heterocycles. The highest BCUT2D eigenvalue weighted by molar-refractivity contribution is 5.99. The first-order valence-corrected chi connectivity index (χ1v) is 11.7. The number of aromatic amines is 2. The summed E-state index contributed by atoms with van der Waals surface area (Å²) in [5, 5.41) is 12.3. The summed E-state index contributed by atoms with van der Waals surface area (Å²) in [4.78, 5) is 33.4. The molecule has 9 nitrogen and oxygen atoms in total. The Hall–Kier alpha value is -4.92. The van der Waals surface area contributed by atoms with Gasteiger partial charge in [0.15, 0.2) is 5.65 Å². The van der Waals surface area contributed by atoms with Crippen molar-refractivity contribution in [1.82, 2.24) is 35.1 Å². The third-order valence-corrected chi connectivity index (χ3v) is 5.97. The Kier molecular flexibility index (Phi) is 5.42. The van der Waals surface area contributed by atoms with Gasteiger partial charge in [-0.1, -0.05) is 13.0 Å². The van der Waals surface area contributed by atoms with Crippen LogP contribution in [0.4, 0.5) is 5.69 Å². The van der Waals surface area contributed by atoms with Crippen LogP contribution in [0, 0.1) is 0 Å². The molecule has 6 heterocycles. The van der Waals surface area contributed by atoms with E-state index in [4.69, 9.17) is 0 Å². The zero-order valence-corrected chi connectivity index (χ0v) is 19.5. The minimum absolute atomic E-state index is 0.0273. The van der Waals surface area contributed by atoms with Gasteiger partial charge in [0, 0.05) is 58.6 Å². The van der Waals surface area contributed by atoms with Crippen LogP contribution in [0.2, 0.25) is 0 Å². The molecule has 0 radical (unpaired) electrons. The fourth-order valence-corrected chi connectivity index (χ4v) is 4.28. The van der Waals surface area contributed by atoms with Gasteiger partial charge in [-0.3, -0.25) is 24.8 Å². The molecule has 0 fully saturated rings. The predicted octanol–water partition coefficient (Wildman–Crippen LogP) is 5.36. The second kappa shape index (κ2) is 9.03. The number of nitrogens with zero attached hydrogens (tertiary/aromatic N) is 5. The third kappa shape index (κ3) is 3.96. The first-order chi connectivity index (χ1) is 17.7. The maximum absolute atomic E-state index is 12.0. The van der Waals surface area contributed by atoms with Gasteiger partial charge in [-0.2, -0.15) is 5.10 Å². The molecule has 176 valence electrons. The van der Waals surface area contributed by atoms with E-state index in [-0.39, 0.29) is 5.91 Å². The number of pyridine rings is 4. The van der Waals surface area contributed by atoms with Crippen LogP contribution < -0.4 is 5.32 Å². The molecule has 0 spiro atoms. The number of hydrogen-bond donors (Lipinski definition) is 3. The molecule has 0 unspecified atom stereocenters. The Morgan fingerprint density at radius 3 is 2.72 bits per heavy atom. The van der Waals surface area contributed by atoms with Gasteiger partial charge in [0.1, 0.15) is 0 Å². The highest BCUT2D eigenvalue weighted by atomic mass is 16.1. The number of nitrogens with one attached hydrogen (secondary N) is 3. The van der Waals surface area contributed by atoms with E-state index in [1.807, 2.05) is 43.3 Å². The minimum atomic E-state index is -0.0273. The lowest BCUT2D eigenvalue weighted by molar-refractivity contribution is -0.116. The number of carbonyl (C=O) groups is 1.